The van der Waals surface area contributed by atoms with Crippen LogP contribution in [-0.2, 0) is 0 Å². The lowest BCUT2D eigenvalue weighted by Gasteiger charge is -1.98. The van der Waals surface area contributed by atoms with E-state index in [1.54, 1.807) is 18.5 Å². The predicted octanol–water partition coefficient (Wildman–Crippen LogP) is 2.79. The van der Waals surface area contributed by atoms with Crippen LogP contribution in [0.15, 0.2) is 49.3 Å². The quantitative estimate of drug-likeness (QED) is 0.713. The van der Waals surface area contributed by atoms with Crippen LogP contribution in [0, 0.1) is 0 Å². The Hall–Kier alpha value is -1.96. The molecule has 0 aliphatic rings. The Morgan fingerprint density at radius 2 is 1.64 bits per heavy atom. The third-order valence-electron chi connectivity index (χ3n) is 1.94. The van der Waals surface area contributed by atoms with Crippen molar-refractivity contribution in [3.63, 3.8) is 0 Å². The molecule has 0 aliphatic heterocycles. The average Bonchev–Trinajstić information content (AvgIpc) is 2.30. The topological polar surface area (TPSA) is 25.8 Å². The average molecular weight is 182 g/mol. The standard InChI is InChI=1S/C12H10N2/c1-2-10-8-13-12(14-9-10)11-6-4-3-5-7-11/h2-9H,1H2. The molecule has 0 N–H and O–H groups in total. The Morgan fingerprint density at radius 1 is 1.00 bits per heavy atom. The summed E-state index contributed by atoms with van der Waals surface area (Å²) < 4.78 is 0. The zero-order valence-corrected chi connectivity index (χ0v) is 7.72. The number of aromatic nitrogens is 2. The van der Waals surface area contributed by atoms with Crippen molar-refractivity contribution >= 4 is 6.08 Å². The highest BCUT2D eigenvalue weighted by Gasteiger charge is 1.97. The molecule has 1 heterocycles. The molecule has 2 aromatic rings. The first-order valence-corrected chi connectivity index (χ1v) is 4.40. The van der Waals surface area contributed by atoms with Crippen molar-refractivity contribution in [3.05, 3.63) is 54.9 Å². The second-order valence-corrected chi connectivity index (χ2v) is 2.91. The molecule has 1 aromatic carbocycles. The van der Waals surface area contributed by atoms with E-state index in [2.05, 4.69) is 16.5 Å². The van der Waals surface area contributed by atoms with E-state index in [1.165, 1.54) is 0 Å². The van der Waals surface area contributed by atoms with Crippen molar-refractivity contribution in [3.8, 4) is 11.4 Å². The predicted molar refractivity (Wildman–Crippen MR) is 57.6 cm³/mol. The van der Waals surface area contributed by atoms with Crippen LogP contribution in [0.4, 0.5) is 0 Å². The summed E-state index contributed by atoms with van der Waals surface area (Å²) in [6, 6.07) is 9.90. The van der Waals surface area contributed by atoms with E-state index < -0.39 is 0 Å². The van der Waals surface area contributed by atoms with Gasteiger partial charge >= 0.3 is 0 Å². The summed E-state index contributed by atoms with van der Waals surface area (Å²) in [5.41, 5.74) is 1.97. The molecule has 2 nitrogen and oxygen atoms in total. The molecule has 0 amide bonds. The lowest BCUT2D eigenvalue weighted by molar-refractivity contribution is 1.17. The molecule has 2 heteroatoms. The molecule has 0 saturated heterocycles. The fourth-order valence-electron chi connectivity index (χ4n) is 1.18. The van der Waals surface area contributed by atoms with E-state index in [0.717, 1.165) is 17.0 Å². The fourth-order valence-corrected chi connectivity index (χ4v) is 1.18. The van der Waals surface area contributed by atoms with Gasteiger partial charge in [0, 0.05) is 23.5 Å². The van der Waals surface area contributed by atoms with Crippen molar-refractivity contribution in [2.75, 3.05) is 0 Å². The molecule has 0 radical (unpaired) electrons. The minimum atomic E-state index is 0.746. The maximum atomic E-state index is 4.24. The lowest BCUT2D eigenvalue weighted by Crippen LogP contribution is -1.88. The smallest absolute Gasteiger partial charge is 0.159 e. The van der Waals surface area contributed by atoms with Crippen LogP contribution < -0.4 is 0 Å². The van der Waals surface area contributed by atoms with Gasteiger partial charge in [0.1, 0.15) is 0 Å². The minimum absolute atomic E-state index is 0.746. The second-order valence-electron chi connectivity index (χ2n) is 2.91. The Kier molecular flexibility index (Phi) is 2.36. The van der Waals surface area contributed by atoms with Gasteiger partial charge in [0.15, 0.2) is 5.82 Å². The highest BCUT2D eigenvalue weighted by atomic mass is 14.9. The first-order chi connectivity index (χ1) is 6.90. The van der Waals surface area contributed by atoms with Gasteiger partial charge in [-0.25, -0.2) is 9.97 Å². The van der Waals surface area contributed by atoms with Crippen LogP contribution in [0.2, 0.25) is 0 Å². The molecular weight excluding hydrogens is 172 g/mol. The molecule has 0 bridgehead atoms. The lowest BCUT2D eigenvalue weighted by atomic mass is 10.2. The first-order valence-electron chi connectivity index (χ1n) is 4.40. The van der Waals surface area contributed by atoms with Crippen LogP contribution in [-0.4, -0.2) is 9.97 Å². The zero-order chi connectivity index (χ0) is 9.80. The van der Waals surface area contributed by atoms with E-state index in [4.69, 9.17) is 0 Å². The van der Waals surface area contributed by atoms with Gasteiger partial charge in [-0.3, -0.25) is 0 Å². The van der Waals surface area contributed by atoms with Gasteiger partial charge < -0.3 is 0 Å². The summed E-state index contributed by atoms with van der Waals surface area (Å²) in [6.45, 7) is 3.65. The van der Waals surface area contributed by atoms with E-state index >= 15 is 0 Å². The van der Waals surface area contributed by atoms with Crippen LogP contribution in [0.1, 0.15) is 5.56 Å². The summed E-state index contributed by atoms with van der Waals surface area (Å²) in [7, 11) is 0. The van der Waals surface area contributed by atoms with Crippen LogP contribution in [0.25, 0.3) is 17.5 Å². The monoisotopic (exact) mass is 182 g/mol. The fraction of sp³-hybridized carbons (Fsp3) is 0. The molecule has 1 aromatic heterocycles. The van der Waals surface area contributed by atoms with Crippen LogP contribution in [0.5, 0.6) is 0 Å². The molecule has 0 atom stereocenters. The van der Waals surface area contributed by atoms with Crippen molar-refractivity contribution in [1.82, 2.24) is 9.97 Å². The third kappa shape index (κ3) is 1.69. The van der Waals surface area contributed by atoms with Gasteiger partial charge in [-0.2, -0.15) is 0 Å². The normalized spacial score (nSPS) is 9.71. The minimum Gasteiger partial charge on any atom is -0.236 e. The number of hydrogen-bond donors (Lipinski definition) is 0. The van der Waals surface area contributed by atoms with Gasteiger partial charge in [0.25, 0.3) is 0 Å². The maximum Gasteiger partial charge on any atom is 0.159 e. The first kappa shape index (κ1) is 8.63. The molecule has 0 aliphatic carbocycles. The Balaban J connectivity index is 2.39. The van der Waals surface area contributed by atoms with E-state index in [0.29, 0.717) is 0 Å². The van der Waals surface area contributed by atoms with Crippen LogP contribution in [0.3, 0.4) is 0 Å². The van der Waals surface area contributed by atoms with Gasteiger partial charge in [-0.1, -0.05) is 43.0 Å². The highest BCUT2D eigenvalue weighted by molar-refractivity contribution is 5.55. The molecule has 14 heavy (non-hydrogen) atoms. The summed E-state index contributed by atoms with van der Waals surface area (Å²) >= 11 is 0. The second kappa shape index (κ2) is 3.83. The van der Waals surface area contributed by atoms with Crippen molar-refractivity contribution in [1.29, 1.82) is 0 Å². The Bertz CT molecular complexity index is 418. The Morgan fingerprint density at radius 3 is 2.21 bits per heavy atom. The van der Waals surface area contributed by atoms with E-state index in [-0.39, 0.29) is 0 Å². The number of nitrogens with zero attached hydrogens (tertiary/aromatic N) is 2. The molecular formula is C12H10N2. The summed E-state index contributed by atoms with van der Waals surface area (Å²) in [6.07, 6.45) is 5.26. The number of rotatable bonds is 2. The highest BCUT2D eigenvalue weighted by Crippen LogP contribution is 2.13. The molecule has 0 saturated carbocycles. The Labute approximate surface area is 83.0 Å². The van der Waals surface area contributed by atoms with Gasteiger partial charge in [-0.15, -0.1) is 0 Å². The van der Waals surface area contributed by atoms with Crippen molar-refractivity contribution in [2.45, 2.75) is 0 Å². The maximum absolute atomic E-state index is 4.24. The largest absolute Gasteiger partial charge is 0.236 e. The molecule has 0 unspecified atom stereocenters. The number of benzene rings is 1. The molecule has 0 fully saturated rings. The van der Waals surface area contributed by atoms with E-state index in [9.17, 15) is 0 Å². The number of hydrogen-bond acceptors (Lipinski definition) is 2. The molecule has 2 rings (SSSR count). The summed E-state index contributed by atoms with van der Waals surface area (Å²) in [4.78, 5) is 8.47. The van der Waals surface area contributed by atoms with Gasteiger partial charge in [-0.05, 0) is 0 Å². The summed E-state index contributed by atoms with van der Waals surface area (Å²) in [5, 5.41) is 0. The van der Waals surface area contributed by atoms with Crippen LogP contribution >= 0.6 is 0 Å². The molecule has 0 spiro atoms. The van der Waals surface area contributed by atoms with Crippen molar-refractivity contribution in [2.24, 2.45) is 0 Å². The zero-order valence-electron chi connectivity index (χ0n) is 7.72. The van der Waals surface area contributed by atoms with E-state index in [1.807, 2.05) is 30.3 Å². The SMILES string of the molecule is C=Cc1cnc(-c2ccccc2)nc1. The summed E-state index contributed by atoms with van der Waals surface area (Å²) in [5.74, 6) is 0.746. The van der Waals surface area contributed by atoms with Crippen molar-refractivity contribution < 1.29 is 0 Å². The third-order valence-corrected chi connectivity index (χ3v) is 1.94. The molecule has 68 valence electrons. The van der Waals surface area contributed by atoms with Gasteiger partial charge in [0.2, 0.25) is 0 Å². The van der Waals surface area contributed by atoms with Gasteiger partial charge in [0.05, 0.1) is 0 Å².